The minimum absolute atomic E-state index is 0.0262. The van der Waals surface area contributed by atoms with Crippen molar-refractivity contribution in [1.29, 1.82) is 0 Å². The van der Waals surface area contributed by atoms with E-state index in [1.54, 1.807) is 6.20 Å². The molecule has 7 nitrogen and oxygen atoms in total. The molecule has 4 rings (SSSR count). The summed E-state index contributed by atoms with van der Waals surface area (Å²) in [5.74, 6) is -0.213. The highest BCUT2D eigenvalue weighted by atomic mass is 16.2. The molecule has 0 radical (unpaired) electrons. The molecule has 1 N–H and O–H groups in total. The Morgan fingerprint density at radius 1 is 1.10 bits per heavy atom. The van der Waals surface area contributed by atoms with Gasteiger partial charge in [0.05, 0.1) is 6.04 Å². The smallest absolute Gasteiger partial charge is 0.324 e. The number of rotatable bonds is 7. The number of hydrogen-bond acceptors (Lipinski definition) is 4. The third-order valence-electron chi connectivity index (χ3n) is 6.11. The Labute approximate surface area is 182 Å². The lowest BCUT2D eigenvalue weighted by atomic mass is 9.95. The molecule has 0 bridgehead atoms. The van der Waals surface area contributed by atoms with Crippen LogP contribution < -0.4 is 5.32 Å². The van der Waals surface area contributed by atoms with Crippen molar-refractivity contribution in [3.63, 3.8) is 0 Å². The van der Waals surface area contributed by atoms with E-state index in [1.807, 2.05) is 53.6 Å². The average Bonchev–Trinajstić information content (AvgIpc) is 3.09. The van der Waals surface area contributed by atoms with Crippen LogP contribution in [0.3, 0.4) is 0 Å². The maximum atomic E-state index is 13.0. The van der Waals surface area contributed by atoms with Crippen molar-refractivity contribution in [2.24, 2.45) is 0 Å². The highest BCUT2D eigenvalue weighted by molar-refractivity contribution is 6.04. The van der Waals surface area contributed by atoms with Crippen molar-refractivity contribution in [3.05, 3.63) is 66.0 Å². The first kappa shape index (κ1) is 21.0. The molecule has 0 aliphatic carbocycles. The Hall–Kier alpha value is -3.22. The van der Waals surface area contributed by atoms with Crippen LogP contribution in [0.4, 0.5) is 4.79 Å². The zero-order valence-electron chi connectivity index (χ0n) is 17.6. The molecule has 1 aromatic heterocycles. The number of nitrogens with one attached hydrogen (secondary N) is 1. The van der Waals surface area contributed by atoms with Gasteiger partial charge in [-0.2, -0.15) is 0 Å². The molecule has 2 aromatic rings. The van der Waals surface area contributed by atoms with Crippen molar-refractivity contribution in [2.75, 3.05) is 13.1 Å². The number of benzene rings is 1. The van der Waals surface area contributed by atoms with Gasteiger partial charge < -0.3 is 10.2 Å². The Kier molecular flexibility index (Phi) is 6.60. The zero-order valence-corrected chi connectivity index (χ0v) is 17.6. The summed E-state index contributed by atoms with van der Waals surface area (Å²) in [5, 5.41) is 2.75. The van der Waals surface area contributed by atoms with E-state index in [9.17, 15) is 14.4 Å². The third kappa shape index (κ3) is 4.93. The van der Waals surface area contributed by atoms with Gasteiger partial charge in [0.2, 0.25) is 5.91 Å². The molecule has 2 aliphatic heterocycles. The first-order valence-electron chi connectivity index (χ1n) is 11.0. The summed E-state index contributed by atoms with van der Waals surface area (Å²) in [4.78, 5) is 45.4. The molecule has 2 fully saturated rings. The highest BCUT2D eigenvalue weighted by Gasteiger charge is 2.38. The fourth-order valence-electron chi connectivity index (χ4n) is 4.43. The molecular weight excluding hydrogens is 392 g/mol. The SMILES string of the molecule is O=C1N[C@@H](CCC(=O)N2CCCC[C@@H]2c2cccnc2)C(=O)N1CCc1ccccc1. The van der Waals surface area contributed by atoms with Crippen LogP contribution in [-0.4, -0.2) is 51.8 Å². The van der Waals surface area contributed by atoms with Crippen molar-refractivity contribution in [3.8, 4) is 0 Å². The first-order valence-corrected chi connectivity index (χ1v) is 11.0. The predicted octanol–water partition coefficient (Wildman–Crippen LogP) is 3.08. The molecule has 3 heterocycles. The van der Waals surface area contributed by atoms with Crippen LogP contribution in [0.15, 0.2) is 54.9 Å². The lowest BCUT2D eigenvalue weighted by molar-refractivity contribution is -0.135. The van der Waals surface area contributed by atoms with Gasteiger partial charge >= 0.3 is 6.03 Å². The molecule has 1 aromatic carbocycles. The van der Waals surface area contributed by atoms with Gasteiger partial charge in [-0.25, -0.2) is 4.79 Å². The Morgan fingerprint density at radius 2 is 1.94 bits per heavy atom. The number of aromatic nitrogens is 1. The van der Waals surface area contributed by atoms with Crippen LogP contribution in [-0.2, 0) is 16.0 Å². The molecule has 0 unspecified atom stereocenters. The largest absolute Gasteiger partial charge is 0.336 e. The predicted molar refractivity (Wildman–Crippen MR) is 116 cm³/mol. The number of carbonyl (C=O) groups is 3. The number of pyridine rings is 1. The van der Waals surface area contributed by atoms with Gasteiger partial charge in [-0.3, -0.25) is 19.5 Å². The van der Waals surface area contributed by atoms with Gasteiger partial charge in [-0.05, 0) is 49.3 Å². The first-order chi connectivity index (χ1) is 15.1. The van der Waals surface area contributed by atoms with E-state index in [0.29, 0.717) is 25.9 Å². The topological polar surface area (TPSA) is 82.6 Å². The highest BCUT2D eigenvalue weighted by Crippen LogP contribution is 2.31. The molecule has 0 saturated carbocycles. The van der Waals surface area contributed by atoms with Crippen LogP contribution in [0.5, 0.6) is 0 Å². The second-order valence-electron chi connectivity index (χ2n) is 8.15. The van der Waals surface area contributed by atoms with Crippen LogP contribution in [0.1, 0.15) is 49.3 Å². The van der Waals surface area contributed by atoms with Crippen LogP contribution in [0, 0.1) is 0 Å². The van der Waals surface area contributed by atoms with Crippen LogP contribution in [0.2, 0.25) is 0 Å². The lowest BCUT2D eigenvalue weighted by Gasteiger charge is -2.36. The van der Waals surface area contributed by atoms with Crippen LogP contribution in [0.25, 0.3) is 0 Å². The van der Waals surface area contributed by atoms with Gasteiger partial charge in [0, 0.05) is 31.9 Å². The second-order valence-corrected chi connectivity index (χ2v) is 8.15. The number of hydrogen-bond donors (Lipinski definition) is 1. The van der Waals surface area contributed by atoms with E-state index in [1.165, 1.54) is 4.90 Å². The minimum Gasteiger partial charge on any atom is -0.336 e. The summed E-state index contributed by atoms with van der Waals surface area (Å²) < 4.78 is 0. The van der Waals surface area contributed by atoms with Crippen molar-refractivity contribution in [2.45, 2.75) is 50.6 Å². The van der Waals surface area contributed by atoms with Crippen LogP contribution >= 0.6 is 0 Å². The summed E-state index contributed by atoms with van der Waals surface area (Å²) in [7, 11) is 0. The van der Waals surface area contributed by atoms with Gasteiger partial charge in [0.15, 0.2) is 0 Å². The Bertz CT molecular complexity index is 919. The lowest BCUT2D eigenvalue weighted by Crippen LogP contribution is -2.39. The average molecular weight is 421 g/mol. The number of urea groups is 1. The van der Waals surface area contributed by atoms with Crippen molar-refractivity contribution in [1.82, 2.24) is 20.1 Å². The number of amides is 4. The quantitative estimate of drug-likeness (QED) is 0.698. The number of imide groups is 1. The third-order valence-corrected chi connectivity index (χ3v) is 6.11. The van der Waals surface area contributed by atoms with Gasteiger partial charge in [-0.15, -0.1) is 0 Å². The normalized spacial score (nSPS) is 21.3. The summed E-state index contributed by atoms with van der Waals surface area (Å²) in [6, 6.07) is 12.7. The Morgan fingerprint density at radius 3 is 2.71 bits per heavy atom. The fraction of sp³-hybridized carbons (Fsp3) is 0.417. The molecule has 2 saturated heterocycles. The van der Waals surface area contributed by atoms with E-state index >= 15 is 0 Å². The number of likely N-dealkylation sites (tertiary alicyclic amines) is 1. The van der Waals surface area contributed by atoms with Gasteiger partial charge in [0.1, 0.15) is 6.04 Å². The molecule has 31 heavy (non-hydrogen) atoms. The molecule has 2 atom stereocenters. The standard InChI is InChI=1S/C24H28N4O3/c29-22(27-15-5-4-10-21(27)19-9-6-14-25-17-19)12-11-20-23(30)28(24(31)26-20)16-13-18-7-2-1-3-8-18/h1-3,6-9,14,17,20-21H,4-5,10-13,15-16H2,(H,26,31)/t20-,21+/m0/s1. The van der Waals surface area contributed by atoms with E-state index in [-0.39, 0.29) is 30.3 Å². The van der Waals surface area contributed by atoms with Crippen molar-refractivity contribution < 1.29 is 14.4 Å². The monoisotopic (exact) mass is 420 g/mol. The second kappa shape index (κ2) is 9.73. The number of nitrogens with zero attached hydrogens (tertiary/aromatic N) is 3. The van der Waals surface area contributed by atoms with E-state index in [0.717, 1.165) is 30.4 Å². The zero-order chi connectivity index (χ0) is 21.6. The minimum atomic E-state index is -0.631. The summed E-state index contributed by atoms with van der Waals surface area (Å²) >= 11 is 0. The van der Waals surface area contributed by atoms with Gasteiger partial charge in [0.25, 0.3) is 5.91 Å². The van der Waals surface area contributed by atoms with E-state index < -0.39 is 6.04 Å². The van der Waals surface area contributed by atoms with E-state index in [4.69, 9.17) is 0 Å². The molecular formula is C24H28N4O3. The molecule has 7 heteroatoms. The summed E-state index contributed by atoms with van der Waals surface area (Å²) in [6.45, 7) is 1.06. The molecule has 0 spiro atoms. The van der Waals surface area contributed by atoms with Crippen molar-refractivity contribution >= 4 is 17.8 Å². The maximum absolute atomic E-state index is 13.0. The maximum Gasteiger partial charge on any atom is 0.324 e. The number of piperidine rings is 1. The summed E-state index contributed by atoms with van der Waals surface area (Å²) in [5.41, 5.74) is 2.13. The summed E-state index contributed by atoms with van der Waals surface area (Å²) in [6.07, 6.45) is 7.71. The Balaban J connectivity index is 1.32. The number of carbonyl (C=O) groups excluding carboxylic acids is 3. The fourth-order valence-corrected chi connectivity index (χ4v) is 4.43. The van der Waals surface area contributed by atoms with E-state index in [2.05, 4.69) is 10.3 Å². The molecule has 2 aliphatic rings. The molecule has 162 valence electrons. The molecule has 4 amide bonds. The van der Waals surface area contributed by atoms with Gasteiger partial charge in [-0.1, -0.05) is 36.4 Å².